The van der Waals surface area contributed by atoms with Gasteiger partial charge in [-0.15, -0.1) is 0 Å². The van der Waals surface area contributed by atoms with Gasteiger partial charge in [0.15, 0.2) is 11.2 Å². The number of unbranched alkanes of at least 4 members (excludes halogenated alkanes) is 1. The fraction of sp³-hybridized carbons (Fsp3) is 0.500. The quantitative estimate of drug-likeness (QED) is 0.440. The van der Waals surface area contributed by atoms with E-state index >= 15 is 0 Å². The van der Waals surface area contributed by atoms with Crippen molar-refractivity contribution in [2.24, 2.45) is 0 Å². The van der Waals surface area contributed by atoms with Crippen molar-refractivity contribution in [1.29, 1.82) is 0 Å². The molecular formula is C22H29ClN4O5. The van der Waals surface area contributed by atoms with E-state index in [0.29, 0.717) is 35.9 Å². The average molecular weight is 465 g/mol. The third kappa shape index (κ3) is 5.47. The molecule has 10 heteroatoms. The number of aryl methyl sites for hydroxylation is 1. The van der Waals surface area contributed by atoms with E-state index in [4.69, 9.17) is 21.1 Å². The summed E-state index contributed by atoms with van der Waals surface area (Å²) in [6, 6.07) is 7.27. The highest BCUT2D eigenvalue weighted by atomic mass is 35.5. The second-order valence-corrected chi connectivity index (χ2v) is 7.97. The highest BCUT2D eigenvalue weighted by molar-refractivity contribution is 6.31. The Morgan fingerprint density at radius 1 is 1.19 bits per heavy atom. The SMILES string of the molecule is CCCCn1c(=O)n(C[C@@H](O)COCc2ccccc2Cl)c(=O)c2c1ncn2CCOC. The van der Waals surface area contributed by atoms with Crippen LogP contribution in [0.1, 0.15) is 25.3 Å². The molecular weight excluding hydrogens is 436 g/mol. The molecule has 0 aliphatic heterocycles. The lowest BCUT2D eigenvalue weighted by Crippen LogP contribution is -2.43. The lowest BCUT2D eigenvalue weighted by Gasteiger charge is -2.16. The number of benzene rings is 1. The van der Waals surface area contributed by atoms with Crippen LogP contribution in [0.2, 0.25) is 5.02 Å². The van der Waals surface area contributed by atoms with Gasteiger partial charge in [-0.3, -0.25) is 13.9 Å². The topological polar surface area (TPSA) is 101 Å². The Morgan fingerprint density at radius 3 is 2.69 bits per heavy atom. The van der Waals surface area contributed by atoms with Crippen molar-refractivity contribution < 1.29 is 14.6 Å². The van der Waals surface area contributed by atoms with E-state index in [0.717, 1.165) is 23.0 Å². The zero-order chi connectivity index (χ0) is 23.1. The predicted molar refractivity (Wildman–Crippen MR) is 122 cm³/mol. The maximum absolute atomic E-state index is 13.2. The van der Waals surface area contributed by atoms with E-state index in [9.17, 15) is 14.7 Å². The number of aromatic nitrogens is 4. The molecule has 0 radical (unpaired) electrons. The molecule has 9 nitrogen and oxygen atoms in total. The first kappa shape index (κ1) is 24.2. The second kappa shape index (κ2) is 11.4. The van der Waals surface area contributed by atoms with Crippen molar-refractivity contribution in [1.82, 2.24) is 18.7 Å². The third-order valence-electron chi connectivity index (χ3n) is 5.17. The maximum Gasteiger partial charge on any atom is 0.332 e. The lowest BCUT2D eigenvalue weighted by atomic mass is 10.2. The minimum absolute atomic E-state index is 0.0486. The van der Waals surface area contributed by atoms with Crippen molar-refractivity contribution in [3.8, 4) is 0 Å². The molecule has 2 aromatic heterocycles. The first-order chi connectivity index (χ1) is 15.5. The van der Waals surface area contributed by atoms with E-state index in [1.165, 1.54) is 4.57 Å². The van der Waals surface area contributed by atoms with Crippen molar-refractivity contribution in [3.63, 3.8) is 0 Å². The highest BCUT2D eigenvalue weighted by Gasteiger charge is 2.20. The van der Waals surface area contributed by atoms with E-state index in [1.807, 2.05) is 25.1 Å². The number of aliphatic hydroxyl groups excluding tert-OH is 1. The second-order valence-electron chi connectivity index (χ2n) is 7.57. The van der Waals surface area contributed by atoms with Gasteiger partial charge in [0.1, 0.15) is 0 Å². The minimum atomic E-state index is -1.05. The van der Waals surface area contributed by atoms with Gasteiger partial charge in [0.25, 0.3) is 5.56 Å². The Labute approximate surface area is 190 Å². The standard InChI is InChI=1S/C22H29ClN4O5/c1-3-4-9-26-20-19(25(15-24-20)10-11-31-2)21(29)27(22(26)30)12-17(28)14-32-13-16-7-5-6-8-18(16)23/h5-8,15,17,28H,3-4,9-14H2,1-2H3/t17-/m1/s1. The molecule has 0 bridgehead atoms. The molecule has 32 heavy (non-hydrogen) atoms. The molecule has 2 heterocycles. The first-order valence-electron chi connectivity index (χ1n) is 10.6. The largest absolute Gasteiger partial charge is 0.389 e. The fourth-order valence-corrected chi connectivity index (χ4v) is 3.65. The minimum Gasteiger partial charge on any atom is -0.389 e. The number of nitrogens with zero attached hydrogens (tertiary/aromatic N) is 4. The number of fused-ring (bicyclic) bond motifs is 1. The zero-order valence-corrected chi connectivity index (χ0v) is 19.1. The van der Waals surface area contributed by atoms with Gasteiger partial charge in [-0.05, 0) is 18.1 Å². The smallest absolute Gasteiger partial charge is 0.332 e. The number of halogens is 1. The molecule has 0 fully saturated rings. The lowest BCUT2D eigenvalue weighted by molar-refractivity contribution is 0.0192. The maximum atomic E-state index is 13.2. The molecule has 1 atom stereocenters. The van der Waals surface area contributed by atoms with Crippen LogP contribution in [0.5, 0.6) is 0 Å². The van der Waals surface area contributed by atoms with Crippen LogP contribution in [0.3, 0.4) is 0 Å². The van der Waals surface area contributed by atoms with Crippen LogP contribution in [-0.4, -0.2) is 50.2 Å². The Hall–Kier alpha value is -2.46. The average Bonchev–Trinajstić information content (AvgIpc) is 3.20. The molecule has 0 amide bonds. The molecule has 0 saturated carbocycles. The number of imidazole rings is 1. The van der Waals surface area contributed by atoms with Crippen molar-refractivity contribution in [2.45, 2.75) is 52.1 Å². The predicted octanol–water partition coefficient (Wildman–Crippen LogP) is 2.04. The van der Waals surface area contributed by atoms with Gasteiger partial charge >= 0.3 is 5.69 Å². The molecule has 3 rings (SSSR count). The van der Waals surface area contributed by atoms with Crippen LogP contribution in [0.15, 0.2) is 40.2 Å². The number of hydrogen-bond donors (Lipinski definition) is 1. The number of ether oxygens (including phenoxy) is 2. The van der Waals surface area contributed by atoms with E-state index in [2.05, 4.69) is 4.98 Å². The van der Waals surface area contributed by atoms with Gasteiger partial charge < -0.3 is 19.1 Å². The Kier molecular flexibility index (Phi) is 8.63. The Bertz CT molecular complexity index is 1150. The monoisotopic (exact) mass is 464 g/mol. The Balaban J connectivity index is 1.84. The van der Waals surface area contributed by atoms with Crippen LogP contribution in [0.4, 0.5) is 0 Å². The molecule has 1 aromatic carbocycles. The van der Waals surface area contributed by atoms with Crippen molar-refractivity contribution in [3.05, 3.63) is 62.0 Å². The summed E-state index contributed by atoms with van der Waals surface area (Å²) in [7, 11) is 1.58. The van der Waals surface area contributed by atoms with Gasteiger partial charge in [-0.2, -0.15) is 0 Å². The molecule has 174 valence electrons. The van der Waals surface area contributed by atoms with Crippen LogP contribution in [0.25, 0.3) is 11.2 Å². The normalized spacial score (nSPS) is 12.5. The van der Waals surface area contributed by atoms with E-state index in [-0.39, 0.29) is 19.8 Å². The van der Waals surface area contributed by atoms with Gasteiger partial charge in [-0.25, -0.2) is 9.78 Å². The number of rotatable bonds is 12. The number of methoxy groups -OCH3 is 1. The number of aliphatic hydroxyl groups is 1. The molecule has 0 unspecified atom stereocenters. The summed E-state index contributed by atoms with van der Waals surface area (Å²) in [5.74, 6) is 0. The van der Waals surface area contributed by atoms with Crippen molar-refractivity contribution in [2.75, 3.05) is 20.3 Å². The summed E-state index contributed by atoms with van der Waals surface area (Å²) in [6.45, 7) is 3.27. The van der Waals surface area contributed by atoms with Crippen LogP contribution in [-0.2, 0) is 35.7 Å². The molecule has 0 aliphatic carbocycles. The van der Waals surface area contributed by atoms with E-state index in [1.54, 1.807) is 24.1 Å². The zero-order valence-electron chi connectivity index (χ0n) is 18.4. The number of hydrogen-bond acceptors (Lipinski definition) is 6. The molecule has 0 spiro atoms. The van der Waals surface area contributed by atoms with Gasteiger partial charge in [-0.1, -0.05) is 43.1 Å². The van der Waals surface area contributed by atoms with Gasteiger partial charge in [0, 0.05) is 25.2 Å². The first-order valence-corrected chi connectivity index (χ1v) is 11.0. The van der Waals surface area contributed by atoms with Crippen molar-refractivity contribution >= 4 is 22.8 Å². The summed E-state index contributed by atoms with van der Waals surface area (Å²) >= 11 is 6.12. The summed E-state index contributed by atoms with van der Waals surface area (Å²) in [5.41, 5.74) is 0.491. The molecule has 3 aromatic rings. The summed E-state index contributed by atoms with van der Waals surface area (Å²) in [6.07, 6.45) is 2.15. The van der Waals surface area contributed by atoms with Crippen LogP contribution in [0, 0.1) is 0 Å². The third-order valence-corrected chi connectivity index (χ3v) is 5.54. The summed E-state index contributed by atoms with van der Waals surface area (Å²) in [4.78, 5) is 30.6. The molecule has 1 N–H and O–H groups in total. The molecule has 0 saturated heterocycles. The van der Waals surface area contributed by atoms with Crippen LogP contribution >= 0.6 is 11.6 Å². The van der Waals surface area contributed by atoms with E-state index < -0.39 is 17.4 Å². The van der Waals surface area contributed by atoms with Gasteiger partial charge in [0.05, 0.1) is 38.8 Å². The van der Waals surface area contributed by atoms with Gasteiger partial charge in [0.2, 0.25) is 0 Å². The highest BCUT2D eigenvalue weighted by Crippen LogP contribution is 2.15. The summed E-state index contributed by atoms with van der Waals surface area (Å²) < 4.78 is 14.9. The Morgan fingerprint density at radius 2 is 1.97 bits per heavy atom. The molecule has 0 aliphatic rings. The fourth-order valence-electron chi connectivity index (χ4n) is 3.46. The summed E-state index contributed by atoms with van der Waals surface area (Å²) in [5, 5.41) is 11.1. The van der Waals surface area contributed by atoms with Crippen LogP contribution < -0.4 is 11.2 Å².